The first-order valence-electron chi connectivity index (χ1n) is 8.46. The number of piperidine rings is 1. The van der Waals surface area contributed by atoms with Gasteiger partial charge >= 0.3 is 0 Å². The van der Waals surface area contributed by atoms with E-state index in [2.05, 4.69) is 12.1 Å². The van der Waals surface area contributed by atoms with E-state index in [-0.39, 0.29) is 5.91 Å². The van der Waals surface area contributed by atoms with Crippen LogP contribution in [-0.2, 0) is 0 Å². The van der Waals surface area contributed by atoms with E-state index in [0.29, 0.717) is 29.5 Å². The molecule has 0 spiro atoms. The predicted octanol–water partition coefficient (Wildman–Crippen LogP) is 3.53. The van der Waals surface area contributed by atoms with E-state index in [0.717, 1.165) is 31.7 Å². The highest BCUT2D eigenvalue weighted by atomic mass is 16.5. The Morgan fingerprint density at radius 3 is 2.71 bits per heavy atom. The van der Waals surface area contributed by atoms with E-state index in [1.807, 2.05) is 36.1 Å². The summed E-state index contributed by atoms with van der Waals surface area (Å²) < 4.78 is 11.0. The molecule has 3 rings (SSSR count). The molecule has 1 fully saturated rings. The van der Waals surface area contributed by atoms with Crippen molar-refractivity contribution in [3.63, 3.8) is 0 Å². The lowest BCUT2D eigenvalue weighted by atomic mass is 9.98. The van der Waals surface area contributed by atoms with Crippen molar-refractivity contribution in [3.05, 3.63) is 46.8 Å². The van der Waals surface area contributed by atoms with E-state index >= 15 is 0 Å². The first-order chi connectivity index (χ1) is 11.5. The summed E-state index contributed by atoms with van der Waals surface area (Å²) in [6.45, 7) is 7.79. The molecule has 0 saturated carbocycles. The Morgan fingerprint density at radius 2 is 2.04 bits per heavy atom. The van der Waals surface area contributed by atoms with Crippen LogP contribution >= 0.6 is 0 Å². The van der Waals surface area contributed by atoms with Gasteiger partial charge in [-0.2, -0.15) is 0 Å². The molecule has 0 aliphatic carbocycles. The highest BCUT2D eigenvalue weighted by Crippen LogP contribution is 2.22. The number of rotatable bonds is 4. The molecule has 0 bridgehead atoms. The number of ether oxygens (including phenoxy) is 1. The number of likely N-dealkylation sites (tertiary alicyclic amines) is 1. The maximum atomic E-state index is 12.7. The third-order valence-electron chi connectivity index (χ3n) is 4.56. The Labute approximate surface area is 142 Å². The summed E-state index contributed by atoms with van der Waals surface area (Å²) in [7, 11) is 0. The molecule has 1 saturated heterocycles. The van der Waals surface area contributed by atoms with Crippen molar-refractivity contribution in [2.75, 3.05) is 19.7 Å². The van der Waals surface area contributed by atoms with Crippen LogP contribution in [0.25, 0.3) is 0 Å². The van der Waals surface area contributed by atoms with Gasteiger partial charge in [-0.1, -0.05) is 22.9 Å². The molecule has 1 aliphatic heterocycles. The van der Waals surface area contributed by atoms with Crippen molar-refractivity contribution in [3.8, 4) is 5.75 Å². The molecule has 24 heavy (non-hydrogen) atoms. The quantitative estimate of drug-likeness (QED) is 0.861. The molecule has 1 aromatic carbocycles. The van der Waals surface area contributed by atoms with Gasteiger partial charge in [-0.25, -0.2) is 0 Å². The molecule has 0 radical (unpaired) electrons. The summed E-state index contributed by atoms with van der Waals surface area (Å²) in [5.41, 5.74) is 2.49. The topological polar surface area (TPSA) is 55.6 Å². The third kappa shape index (κ3) is 3.61. The van der Waals surface area contributed by atoms with Crippen molar-refractivity contribution in [2.24, 2.45) is 5.92 Å². The lowest BCUT2D eigenvalue weighted by Crippen LogP contribution is -2.41. The molecule has 2 heterocycles. The summed E-state index contributed by atoms with van der Waals surface area (Å²) in [5.74, 6) is 1.85. The number of amides is 1. The standard InChI is InChI=1S/C19H24N2O3/c1-13-6-8-17(9-7-13)23-12-16-5-4-10-21(11-16)19(22)18-14(2)20-24-15(18)3/h6-9,16H,4-5,10-12H2,1-3H3/t16-/m0/s1. The fraction of sp³-hybridized carbons (Fsp3) is 0.474. The molecule has 5 nitrogen and oxygen atoms in total. The third-order valence-corrected chi connectivity index (χ3v) is 4.56. The van der Waals surface area contributed by atoms with Gasteiger partial charge in [-0.15, -0.1) is 0 Å². The second kappa shape index (κ2) is 7.07. The number of hydrogen-bond donors (Lipinski definition) is 0. The maximum Gasteiger partial charge on any atom is 0.259 e. The van der Waals surface area contributed by atoms with Crippen LogP contribution in [-0.4, -0.2) is 35.7 Å². The van der Waals surface area contributed by atoms with Gasteiger partial charge in [-0.3, -0.25) is 4.79 Å². The van der Waals surface area contributed by atoms with Crippen LogP contribution in [0.4, 0.5) is 0 Å². The first-order valence-corrected chi connectivity index (χ1v) is 8.46. The molecule has 1 atom stereocenters. The Balaban J connectivity index is 1.60. The van der Waals surface area contributed by atoms with Crippen molar-refractivity contribution in [2.45, 2.75) is 33.6 Å². The summed E-state index contributed by atoms with van der Waals surface area (Å²) in [5, 5.41) is 3.89. The number of nitrogens with zero attached hydrogens (tertiary/aromatic N) is 2. The maximum absolute atomic E-state index is 12.7. The van der Waals surface area contributed by atoms with Gasteiger partial charge in [0.2, 0.25) is 0 Å². The number of carbonyl (C=O) groups excluding carboxylic acids is 1. The fourth-order valence-electron chi connectivity index (χ4n) is 3.18. The highest BCUT2D eigenvalue weighted by molar-refractivity contribution is 5.96. The Morgan fingerprint density at radius 1 is 1.29 bits per heavy atom. The average molecular weight is 328 g/mol. The Kier molecular flexibility index (Phi) is 4.88. The monoisotopic (exact) mass is 328 g/mol. The minimum Gasteiger partial charge on any atom is -0.493 e. The molecule has 0 unspecified atom stereocenters. The number of benzene rings is 1. The van der Waals surface area contributed by atoms with E-state index in [4.69, 9.17) is 9.26 Å². The largest absolute Gasteiger partial charge is 0.493 e. The second-order valence-corrected chi connectivity index (χ2v) is 6.58. The summed E-state index contributed by atoms with van der Waals surface area (Å²) in [6.07, 6.45) is 2.08. The fourth-order valence-corrected chi connectivity index (χ4v) is 3.18. The van der Waals surface area contributed by atoms with Crippen LogP contribution in [0.2, 0.25) is 0 Å². The van der Waals surface area contributed by atoms with E-state index in [1.165, 1.54) is 5.56 Å². The second-order valence-electron chi connectivity index (χ2n) is 6.58. The minimum atomic E-state index is 0.0197. The number of carbonyl (C=O) groups is 1. The normalized spacial score (nSPS) is 17.8. The van der Waals surface area contributed by atoms with Gasteiger partial charge in [0.25, 0.3) is 5.91 Å². The SMILES string of the molecule is Cc1ccc(OC[C@H]2CCCN(C(=O)c3c(C)noc3C)C2)cc1. The van der Waals surface area contributed by atoms with Crippen molar-refractivity contribution in [1.29, 1.82) is 0 Å². The molecular formula is C19H24N2O3. The number of aromatic nitrogens is 1. The van der Waals surface area contributed by atoms with Gasteiger partial charge in [0, 0.05) is 19.0 Å². The van der Waals surface area contributed by atoms with Gasteiger partial charge in [-0.05, 0) is 45.7 Å². The average Bonchev–Trinajstić information content (AvgIpc) is 2.93. The van der Waals surface area contributed by atoms with E-state index in [1.54, 1.807) is 6.92 Å². The highest BCUT2D eigenvalue weighted by Gasteiger charge is 2.28. The van der Waals surface area contributed by atoms with Gasteiger partial charge < -0.3 is 14.2 Å². The smallest absolute Gasteiger partial charge is 0.259 e. The molecule has 5 heteroatoms. The van der Waals surface area contributed by atoms with Crippen molar-refractivity contribution >= 4 is 5.91 Å². The van der Waals surface area contributed by atoms with Crippen LogP contribution in [0.3, 0.4) is 0 Å². The molecular weight excluding hydrogens is 304 g/mol. The van der Waals surface area contributed by atoms with Crippen LogP contribution in [0.1, 0.15) is 40.2 Å². The van der Waals surface area contributed by atoms with Crippen molar-refractivity contribution < 1.29 is 14.1 Å². The van der Waals surface area contributed by atoms with Gasteiger partial charge in [0.15, 0.2) is 0 Å². The lowest BCUT2D eigenvalue weighted by Gasteiger charge is -2.32. The zero-order chi connectivity index (χ0) is 17.1. The molecule has 2 aromatic rings. The van der Waals surface area contributed by atoms with Crippen LogP contribution in [0, 0.1) is 26.7 Å². The first kappa shape index (κ1) is 16.6. The Bertz CT molecular complexity index is 686. The van der Waals surface area contributed by atoms with Crippen LogP contribution in [0.5, 0.6) is 5.75 Å². The van der Waals surface area contributed by atoms with E-state index in [9.17, 15) is 4.79 Å². The molecule has 128 valence electrons. The Hall–Kier alpha value is -2.30. The zero-order valence-corrected chi connectivity index (χ0v) is 14.5. The molecule has 1 aliphatic rings. The van der Waals surface area contributed by atoms with Gasteiger partial charge in [0.05, 0.1) is 12.3 Å². The number of aryl methyl sites for hydroxylation is 3. The predicted molar refractivity (Wildman–Crippen MR) is 91.3 cm³/mol. The van der Waals surface area contributed by atoms with Crippen LogP contribution in [0.15, 0.2) is 28.8 Å². The lowest BCUT2D eigenvalue weighted by molar-refractivity contribution is 0.0631. The minimum absolute atomic E-state index is 0.0197. The molecule has 1 aromatic heterocycles. The summed E-state index contributed by atoms with van der Waals surface area (Å²) in [4.78, 5) is 14.6. The summed E-state index contributed by atoms with van der Waals surface area (Å²) >= 11 is 0. The van der Waals surface area contributed by atoms with Crippen LogP contribution < -0.4 is 4.74 Å². The number of hydrogen-bond acceptors (Lipinski definition) is 4. The summed E-state index contributed by atoms with van der Waals surface area (Å²) in [6, 6.07) is 8.07. The molecule has 0 N–H and O–H groups in total. The zero-order valence-electron chi connectivity index (χ0n) is 14.5. The van der Waals surface area contributed by atoms with Crippen molar-refractivity contribution in [1.82, 2.24) is 10.1 Å². The molecule has 1 amide bonds. The van der Waals surface area contributed by atoms with Gasteiger partial charge in [0.1, 0.15) is 17.1 Å². The van der Waals surface area contributed by atoms with E-state index < -0.39 is 0 Å².